The van der Waals surface area contributed by atoms with Gasteiger partial charge < -0.3 is 15.0 Å². The average molecular weight is 346 g/mol. The lowest BCUT2D eigenvalue weighted by Crippen LogP contribution is -3.17. The number of methoxy groups -OCH3 is 1. The van der Waals surface area contributed by atoms with Crippen LogP contribution in [-0.2, 0) is 19.1 Å². The van der Waals surface area contributed by atoms with Crippen LogP contribution in [0, 0.1) is 5.92 Å². The van der Waals surface area contributed by atoms with E-state index in [4.69, 9.17) is 4.74 Å². The number of hydrogen-bond acceptors (Lipinski definition) is 4. The van der Waals surface area contributed by atoms with Crippen LogP contribution in [0.5, 0.6) is 0 Å². The van der Waals surface area contributed by atoms with Crippen LogP contribution in [-0.4, -0.2) is 50.6 Å². The zero-order chi connectivity index (χ0) is 18.0. The van der Waals surface area contributed by atoms with Crippen LogP contribution in [0.4, 0.5) is 11.4 Å². The van der Waals surface area contributed by atoms with Gasteiger partial charge in [-0.3, -0.25) is 19.3 Å². The van der Waals surface area contributed by atoms with Gasteiger partial charge in [0.25, 0.3) is 5.91 Å². The summed E-state index contributed by atoms with van der Waals surface area (Å²) in [5, 5.41) is 2.80. The number of esters is 1. The molecule has 3 rings (SSSR count). The summed E-state index contributed by atoms with van der Waals surface area (Å²) in [6.07, 6.45) is 1.44. The van der Waals surface area contributed by atoms with Gasteiger partial charge >= 0.3 is 5.97 Å². The van der Waals surface area contributed by atoms with E-state index < -0.39 is 0 Å². The zero-order valence-electron chi connectivity index (χ0n) is 14.6. The SMILES string of the molecule is COC(=O)C1CC[NH+]([C@@H](C)C(=O)N2CC(=O)Nc3ccccc32)CC1. The number of fused-ring (bicyclic) bond motifs is 1. The Labute approximate surface area is 146 Å². The number of amides is 2. The third-order valence-electron chi connectivity index (χ3n) is 5.18. The van der Waals surface area contributed by atoms with E-state index in [-0.39, 0.29) is 36.3 Å². The van der Waals surface area contributed by atoms with Crippen LogP contribution in [0.2, 0.25) is 0 Å². The number of likely N-dealkylation sites (tertiary alicyclic amines) is 1. The number of piperidine rings is 1. The van der Waals surface area contributed by atoms with Crippen molar-refractivity contribution in [2.75, 3.05) is 37.0 Å². The number of ether oxygens (including phenoxy) is 1. The predicted octanol–water partition coefficient (Wildman–Crippen LogP) is -0.172. The second-order valence-corrected chi connectivity index (χ2v) is 6.67. The van der Waals surface area contributed by atoms with Gasteiger partial charge in [0.15, 0.2) is 6.04 Å². The Morgan fingerprint density at radius 2 is 1.96 bits per heavy atom. The number of benzene rings is 1. The number of para-hydroxylation sites is 2. The molecule has 1 aromatic rings. The Hall–Kier alpha value is -2.41. The minimum Gasteiger partial charge on any atom is -0.469 e. The van der Waals surface area contributed by atoms with E-state index in [2.05, 4.69) is 5.32 Å². The maximum absolute atomic E-state index is 13.0. The standard InChI is InChI=1S/C18H23N3O4/c1-12(20-9-7-13(8-10-20)18(24)25-2)17(23)21-11-16(22)19-14-5-3-4-6-15(14)21/h3-6,12-13H,7-11H2,1-2H3,(H,19,22)/p+1/t12-/m0/s1. The molecule has 7 nitrogen and oxygen atoms in total. The molecule has 1 atom stereocenters. The van der Waals surface area contributed by atoms with Crippen molar-refractivity contribution in [1.29, 1.82) is 0 Å². The van der Waals surface area contributed by atoms with E-state index in [1.165, 1.54) is 7.11 Å². The highest BCUT2D eigenvalue weighted by Crippen LogP contribution is 2.29. The number of nitrogens with one attached hydrogen (secondary N) is 2. The Bertz CT molecular complexity index is 683. The fraction of sp³-hybridized carbons (Fsp3) is 0.500. The largest absolute Gasteiger partial charge is 0.469 e. The highest BCUT2D eigenvalue weighted by Gasteiger charge is 2.37. The van der Waals surface area contributed by atoms with Crippen molar-refractivity contribution in [3.8, 4) is 0 Å². The Morgan fingerprint density at radius 1 is 1.28 bits per heavy atom. The van der Waals surface area contributed by atoms with Crippen LogP contribution >= 0.6 is 0 Å². The number of nitrogens with zero attached hydrogens (tertiary/aromatic N) is 1. The smallest absolute Gasteiger partial charge is 0.309 e. The minimum absolute atomic E-state index is 0.0399. The Balaban J connectivity index is 1.69. The van der Waals surface area contributed by atoms with E-state index in [1.54, 1.807) is 11.0 Å². The van der Waals surface area contributed by atoms with Gasteiger partial charge in [-0.25, -0.2) is 0 Å². The lowest BCUT2D eigenvalue weighted by Gasteiger charge is -2.35. The molecule has 0 bridgehead atoms. The molecule has 7 heteroatoms. The number of anilines is 2. The topological polar surface area (TPSA) is 80.2 Å². The molecule has 2 amide bonds. The molecule has 0 aromatic heterocycles. The molecule has 1 fully saturated rings. The van der Waals surface area contributed by atoms with Crippen molar-refractivity contribution >= 4 is 29.2 Å². The van der Waals surface area contributed by atoms with Gasteiger partial charge in [0.05, 0.1) is 37.5 Å². The first-order chi connectivity index (χ1) is 12.0. The molecular formula is C18H24N3O4+. The highest BCUT2D eigenvalue weighted by molar-refractivity contribution is 6.10. The monoisotopic (exact) mass is 346 g/mol. The fourth-order valence-electron chi connectivity index (χ4n) is 3.66. The van der Waals surface area contributed by atoms with E-state index >= 15 is 0 Å². The first-order valence-electron chi connectivity index (χ1n) is 8.64. The molecule has 0 aliphatic carbocycles. The summed E-state index contributed by atoms with van der Waals surface area (Å²) in [5.74, 6) is -0.482. The third-order valence-corrected chi connectivity index (χ3v) is 5.18. The van der Waals surface area contributed by atoms with Crippen molar-refractivity contribution in [3.63, 3.8) is 0 Å². The molecule has 0 spiro atoms. The second-order valence-electron chi connectivity index (χ2n) is 6.67. The van der Waals surface area contributed by atoms with Crippen molar-refractivity contribution in [1.82, 2.24) is 0 Å². The molecule has 2 N–H and O–H groups in total. The van der Waals surface area contributed by atoms with E-state index in [0.717, 1.165) is 36.5 Å². The molecular weight excluding hydrogens is 322 g/mol. The molecule has 2 heterocycles. The Kier molecular flexibility index (Phi) is 5.03. The summed E-state index contributed by atoms with van der Waals surface area (Å²) in [5.41, 5.74) is 1.40. The van der Waals surface area contributed by atoms with E-state index in [9.17, 15) is 14.4 Å². The molecule has 0 radical (unpaired) electrons. The highest BCUT2D eigenvalue weighted by atomic mass is 16.5. The van der Waals surface area contributed by atoms with Crippen LogP contribution in [0.15, 0.2) is 24.3 Å². The number of quaternary nitrogens is 1. The lowest BCUT2D eigenvalue weighted by atomic mass is 9.96. The predicted molar refractivity (Wildman–Crippen MR) is 92.3 cm³/mol. The van der Waals surface area contributed by atoms with Gasteiger partial charge in [0.1, 0.15) is 6.54 Å². The maximum atomic E-state index is 13.0. The fourth-order valence-corrected chi connectivity index (χ4v) is 3.66. The molecule has 0 unspecified atom stereocenters. The summed E-state index contributed by atoms with van der Waals surface area (Å²) in [7, 11) is 1.41. The number of carbonyl (C=O) groups excluding carboxylic acids is 3. The van der Waals surface area contributed by atoms with Crippen molar-refractivity contribution in [3.05, 3.63) is 24.3 Å². The first kappa shape index (κ1) is 17.4. The van der Waals surface area contributed by atoms with Crippen molar-refractivity contribution in [2.45, 2.75) is 25.8 Å². The maximum Gasteiger partial charge on any atom is 0.309 e. The molecule has 1 saturated heterocycles. The van der Waals surface area contributed by atoms with Gasteiger partial charge in [0, 0.05) is 12.8 Å². The van der Waals surface area contributed by atoms with E-state index in [1.807, 2.05) is 25.1 Å². The van der Waals surface area contributed by atoms with Gasteiger partial charge in [-0.15, -0.1) is 0 Å². The van der Waals surface area contributed by atoms with E-state index in [0.29, 0.717) is 5.69 Å². The van der Waals surface area contributed by atoms with Crippen LogP contribution in [0.25, 0.3) is 0 Å². The van der Waals surface area contributed by atoms with Crippen molar-refractivity contribution in [2.24, 2.45) is 5.92 Å². The van der Waals surface area contributed by atoms with Gasteiger partial charge in [0.2, 0.25) is 5.91 Å². The summed E-state index contributed by atoms with van der Waals surface area (Å²) < 4.78 is 4.81. The normalized spacial score (nSPS) is 24.1. The minimum atomic E-state index is -0.266. The van der Waals surface area contributed by atoms with Crippen LogP contribution < -0.4 is 15.1 Å². The molecule has 0 saturated carbocycles. The third kappa shape index (κ3) is 3.51. The molecule has 1 aromatic carbocycles. The van der Waals surface area contributed by atoms with Crippen LogP contribution in [0.1, 0.15) is 19.8 Å². The average Bonchev–Trinajstić information content (AvgIpc) is 2.65. The van der Waals surface area contributed by atoms with Gasteiger partial charge in [-0.05, 0) is 19.1 Å². The van der Waals surface area contributed by atoms with Gasteiger partial charge in [-0.2, -0.15) is 0 Å². The zero-order valence-corrected chi connectivity index (χ0v) is 14.6. The number of carbonyl (C=O) groups is 3. The van der Waals surface area contributed by atoms with Gasteiger partial charge in [-0.1, -0.05) is 12.1 Å². The van der Waals surface area contributed by atoms with Crippen molar-refractivity contribution < 1.29 is 24.0 Å². The summed E-state index contributed by atoms with van der Waals surface area (Å²) in [6.45, 7) is 3.42. The summed E-state index contributed by atoms with van der Waals surface area (Å²) in [4.78, 5) is 39.3. The summed E-state index contributed by atoms with van der Waals surface area (Å²) >= 11 is 0. The number of rotatable bonds is 3. The number of hydrogen-bond donors (Lipinski definition) is 2. The molecule has 2 aliphatic heterocycles. The summed E-state index contributed by atoms with van der Waals surface area (Å²) in [6, 6.07) is 7.07. The quantitative estimate of drug-likeness (QED) is 0.745. The lowest BCUT2D eigenvalue weighted by molar-refractivity contribution is -0.919. The molecule has 134 valence electrons. The first-order valence-corrected chi connectivity index (χ1v) is 8.64. The molecule has 25 heavy (non-hydrogen) atoms. The van der Waals surface area contributed by atoms with Crippen LogP contribution in [0.3, 0.4) is 0 Å². The Morgan fingerprint density at radius 3 is 2.64 bits per heavy atom. The second kappa shape index (κ2) is 7.23. The molecule has 2 aliphatic rings.